The van der Waals surface area contributed by atoms with E-state index in [1.807, 2.05) is 20.8 Å². The molecule has 0 aromatic heterocycles. The van der Waals surface area contributed by atoms with Gasteiger partial charge in [-0.15, -0.1) is 0 Å². The average Bonchev–Trinajstić information content (AvgIpc) is 2.24. The zero-order valence-corrected chi connectivity index (χ0v) is 11.4. The Balaban J connectivity index is 4.26. The molecule has 2 N–H and O–H groups in total. The molecule has 0 saturated heterocycles. The van der Waals surface area contributed by atoms with Crippen LogP contribution in [0.15, 0.2) is 0 Å². The Bertz CT molecular complexity index is 266. The number of hydrogen-bond donors (Lipinski definition) is 2. The summed E-state index contributed by atoms with van der Waals surface area (Å²) in [6.07, 6.45) is 0.867. The Hall–Kier alpha value is -1.26. The zero-order chi connectivity index (χ0) is 13.6. The second-order valence-corrected chi connectivity index (χ2v) is 4.83. The molecule has 0 spiro atoms. The normalized spacial score (nSPS) is 14.2. The lowest BCUT2D eigenvalue weighted by Gasteiger charge is -2.26. The van der Waals surface area contributed by atoms with E-state index in [4.69, 9.17) is 5.11 Å². The number of aliphatic carboxylic acids is 1. The van der Waals surface area contributed by atoms with E-state index in [-0.39, 0.29) is 18.6 Å². The number of rotatable bonds is 6. The Morgan fingerprint density at radius 3 is 2.18 bits per heavy atom. The smallest absolute Gasteiger partial charge is 0.317 e. The Morgan fingerprint density at radius 2 is 1.82 bits per heavy atom. The summed E-state index contributed by atoms with van der Waals surface area (Å²) in [7, 11) is 1.61. The molecule has 0 rings (SSSR count). The first-order valence-electron chi connectivity index (χ1n) is 6.04. The molecule has 2 amide bonds. The van der Waals surface area contributed by atoms with Gasteiger partial charge in [0.1, 0.15) is 0 Å². The van der Waals surface area contributed by atoms with Crippen LogP contribution in [-0.4, -0.2) is 41.6 Å². The van der Waals surface area contributed by atoms with Gasteiger partial charge in [-0.25, -0.2) is 4.79 Å². The molecule has 2 unspecified atom stereocenters. The molecule has 0 aliphatic heterocycles. The number of hydrogen-bond acceptors (Lipinski definition) is 2. The molecule has 0 aromatic rings. The first kappa shape index (κ1) is 15.7. The molecule has 0 aromatic carbocycles. The number of carboxylic acids is 1. The van der Waals surface area contributed by atoms with Gasteiger partial charge >= 0.3 is 12.0 Å². The summed E-state index contributed by atoms with van der Waals surface area (Å²) in [5.41, 5.74) is 0. The largest absolute Gasteiger partial charge is 0.481 e. The van der Waals surface area contributed by atoms with Gasteiger partial charge in [-0.05, 0) is 12.3 Å². The van der Waals surface area contributed by atoms with Crippen molar-refractivity contribution in [1.29, 1.82) is 0 Å². The second-order valence-electron chi connectivity index (χ2n) is 4.83. The van der Waals surface area contributed by atoms with Crippen LogP contribution in [0.3, 0.4) is 0 Å². The maximum absolute atomic E-state index is 11.8. The van der Waals surface area contributed by atoms with Crippen LogP contribution in [0.5, 0.6) is 0 Å². The monoisotopic (exact) mass is 244 g/mol. The summed E-state index contributed by atoms with van der Waals surface area (Å²) in [6.45, 7) is 7.93. The van der Waals surface area contributed by atoms with Crippen LogP contribution in [-0.2, 0) is 4.79 Å². The number of nitrogens with zero attached hydrogens (tertiary/aromatic N) is 1. The molecular weight excluding hydrogens is 220 g/mol. The summed E-state index contributed by atoms with van der Waals surface area (Å²) in [6, 6.07) is -0.0799. The summed E-state index contributed by atoms with van der Waals surface area (Å²) in [4.78, 5) is 23.9. The highest BCUT2D eigenvalue weighted by atomic mass is 16.4. The molecule has 5 nitrogen and oxygen atoms in total. The van der Waals surface area contributed by atoms with Crippen LogP contribution in [0, 0.1) is 11.8 Å². The van der Waals surface area contributed by atoms with Crippen LogP contribution < -0.4 is 5.32 Å². The fraction of sp³-hybridized carbons (Fsp3) is 0.833. The van der Waals surface area contributed by atoms with Crippen LogP contribution in [0.25, 0.3) is 0 Å². The first-order chi connectivity index (χ1) is 7.79. The highest BCUT2D eigenvalue weighted by Gasteiger charge is 2.20. The van der Waals surface area contributed by atoms with Crippen molar-refractivity contribution in [2.75, 3.05) is 13.6 Å². The van der Waals surface area contributed by atoms with E-state index in [0.29, 0.717) is 5.92 Å². The van der Waals surface area contributed by atoms with E-state index < -0.39 is 11.9 Å². The van der Waals surface area contributed by atoms with Gasteiger partial charge in [0.2, 0.25) is 0 Å². The van der Waals surface area contributed by atoms with Crippen LogP contribution in [0.2, 0.25) is 0 Å². The minimum Gasteiger partial charge on any atom is -0.481 e. The van der Waals surface area contributed by atoms with Gasteiger partial charge in [0.15, 0.2) is 0 Å². The summed E-state index contributed by atoms with van der Waals surface area (Å²) < 4.78 is 0. The third-order valence-corrected chi connectivity index (χ3v) is 2.87. The maximum atomic E-state index is 11.8. The van der Waals surface area contributed by atoms with Gasteiger partial charge in [0, 0.05) is 19.6 Å². The van der Waals surface area contributed by atoms with E-state index in [1.165, 1.54) is 4.90 Å². The molecule has 2 atom stereocenters. The molecule has 0 bridgehead atoms. The lowest BCUT2D eigenvalue weighted by Crippen LogP contribution is -2.46. The van der Waals surface area contributed by atoms with Crippen molar-refractivity contribution in [2.24, 2.45) is 11.8 Å². The van der Waals surface area contributed by atoms with Gasteiger partial charge in [-0.3, -0.25) is 4.79 Å². The van der Waals surface area contributed by atoms with E-state index in [0.717, 1.165) is 6.42 Å². The number of carboxylic acid groups (broad SMARTS) is 1. The molecule has 5 heteroatoms. The second kappa shape index (κ2) is 7.14. The van der Waals surface area contributed by atoms with Crippen LogP contribution in [0.4, 0.5) is 4.79 Å². The minimum absolute atomic E-state index is 0.130. The van der Waals surface area contributed by atoms with Gasteiger partial charge < -0.3 is 15.3 Å². The molecule has 0 aliphatic rings. The lowest BCUT2D eigenvalue weighted by molar-refractivity contribution is -0.141. The molecule has 0 radical (unpaired) electrons. The van der Waals surface area contributed by atoms with E-state index in [9.17, 15) is 9.59 Å². The lowest BCUT2D eigenvalue weighted by atomic mass is 10.0. The van der Waals surface area contributed by atoms with E-state index >= 15 is 0 Å². The van der Waals surface area contributed by atoms with Crippen LogP contribution in [0.1, 0.15) is 34.1 Å². The van der Waals surface area contributed by atoms with E-state index in [2.05, 4.69) is 5.32 Å². The topological polar surface area (TPSA) is 69.6 Å². The Morgan fingerprint density at radius 1 is 1.29 bits per heavy atom. The van der Waals surface area contributed by atoms with Crippen molar-refractivity contribution in [3.63, 3.8) is 0 Å². The van der Waals surface area contributed by atoms with Gasteiger partial charge in [0.05, 0.1) is 5.92 Å². The van der Waals surface area contributed by atoms with Crippen molar-refractivity contribution in [2.45, 2.75) is 40.2 Å². The van der Waals surface area contributed by atoms with Crippen molar-refractivity contribution >= 4 is 12.0 Å². The summed E-state index contributed by atoms with van der Waals surface area (Å²) >= 11 is 0. The third-order valence-electron chi connectivity index (χ3n) is 2.87. The predicted molar refractivity (Wildman–Crippen MR) is 66.9 cm³/mol. The van der Waals surface area contributed by atoms with E-state index in [1.54, 1.807) is 14.0 Å². The Labute approximate surface area is 103 Å². The summed E-state index contributed by atoms with van der Waals surface area (Å²) in [5, 5.41) is 11.7. The standard InChI is InChI=1S/C12H24N2O3/c1-6-10(8(2)3)13-12(17)14(5)7-9(4)11(15)16/h8-10H,6-7H2,1-5H3,(H,13,17)(H,15,16). The molecule has 0 saturated carbocycles. The fourth-order valence-corrected chi connectivity index (χ4v) is 1.58. The van der Waals surface area contributed by atoms with Crippen LogP contribution >= 0.6 is 0 Å². The molecule has 0 aliphatic carbocycles. The number of carbonyl (C=O) groups excluding carboxylic acids is 1. The highest BCUT2D eigenvalue weighted by molar-refractivity contribution is 5.76. The zero-order valence-electron chi connectivity index (χ0n) is 11.4. The maximum Gasteiger partial charge on any atom is 0.317 e. The van der Waals surface area contributed by atoms with Crippen molar-refractivity contribution in [1.82, 2.24) is 10.2 Å². The molecule has 0 fully saturated rings. The highest BCUT2D eigenvalue weighted by Crippen LogP contribution is 2.06. The van der Waals surface area contributed by atoms with Gasteiger partial charge in [0.25, 0.3) is 0 Å². The SMILES string of the molecule is CCC(NC(=O)N(C)CC(C)C(=O)O)C(C)C. The summed E-state index contributed by atoms with van der Waals surface area (Å²) in [5.74, 6) is -1.07. The predicted octanol–water partition coefficient (Wildman–Crippen LogP) is 1.78. The number of urea groups is 1. The number of nitrogens with one attached hydrogen (secondary N) is 1. The van der Waals surface area contributed by atoms with Gasteiger partial charge in [-0.1, -0.05) is 27.7 Å². The quantitative estimate of drug-likeness (QED) is 0.748. The molecule has 17 heavy (non-hydrogen) atoms. The van der Waals surface area contributed by atoms with Crippen molar-refractivity contribution in [3.05, 3.63) is 0 Å². The first-order valence-corrected chi connectivity index (χ1v) is 6.04. The van der Waals surface area contributed by atoms with Gasteiger partial charge in [-0.2, -0.15) is 0 Å². The van der Waals surface area contributed by atoms with Crippen molar-refractivity contribution in [3.8, 4) is 0 Å². The van der Waals surface area contributed by atoms with Crippen molar-refractivity contribution < 1.29 is 14.7 Å². The average molecular weight is 244 g/mol. The third kappa shape index (κ3) is 5.56. The number of amides is 2. The number of carbonyl (C=O) groups is 2. The molecule has 0 heterocycles. The molecular formula is C12H24N2O3. The minimum atomic E-state index is -0.888. The molecule has 100 valence electrons. The Kier molecular flexibility index (Phi) is 6.61. The fourth-order valence-electron chi connectivity index (χ4n) is 1.58.